The minimum Gasteiger partial charge on any atom is -0.478 e. The number of carbonyl (C=O) groups is 1. The lowest BCUT2D eigenvalue weighted by molar-refractivity contribution is 0.0691. The summed E-state index contributed by atoms with van der Waals surface area (Å²) in [5.74, 6) is -0.898. The number of hydrogen-bond donors (Lipinski definition) is 2. The van der Waals surface area contributed by atoms with E-state index in [0.29, 0.717) is 18.2 Å². The molecule has 0 saturated carbocycles. The second-order valence-corrected chi connectivity index (χ2v) is 5.11. The zero-order valence-corrected chi connectivity index (χ0v) is 11.6. The number of nitrogens with one attached hydrogen (secondary N) is 1. The molecule has 1 saturated heterocycles. The maximum absolute atomic E-state index is 11.2. The van der Waals surface area contributed by atoms with Crippen molar-refractivity contribution in [2.24, 2.45) is 7.05 Å². The van der Waals surface area contributed by atoms with Crippen LogP contribution >= 0.6 is 0 Å². The van der Waals surface area contributed by atoms with E-state index in [1.807, 2.05) is 7.05 Å². The van der Waals surface area contributed by atoms with Gasteiger partial charge in [-0.15, -0.1) is 0 Å². The number of aromatic nitrogens is 2. The van der Waals surface area contributed by atoms with Crippen molar-refractivity contribution >= 4 is 5.97 Å². The van der Waals surface area contributed by atoms with Crippen molar-refractivity contribution in [3.63, 3.8) is 0 Å². The van der Waals surface area contributed by atoms with Crippen molar-refractivity contribution in [2.45, 2.75) is 31.8 Å². The SMILES string of the molecule is CNCC1CCCCN1Cc1c(C(=O)O)cnn1C. The number of aromatic carboxylic acids is 1. The van der Waals surface area contributed by atoms with Crippen molar-refractivity contribution in [3.8, 4) is 0 Å². The Hall–Kier alpha value is -1.40. The van der Waals surface area contributed by atoms with E-state index in [0.717, 1.165) is 18.8 Å². The Morgan fingerprint density at radius 3 is 3.05 bits per heavy atom. The van der Waals surface area contributed by atoms with Crippen LogP contribution in [0.25, 0.3) is 0 Å². The van der Waals surface area contributed by atoms with Gasteiger partial charge in [0.25, 0.3) is 0 Å². The van der Waals surface area contributed by atoms with Crippen LogP contribution in [0.4, 0.5) is 0 Å². The van der Waals surface area contributed by atoms with E-state index in [4.69, 9.17) is 0 Å². The van der Waals surface area contributed by atoms with Gasteiger partial charge in [0.05, 0.1) is 11.9 Å². The zero-order valence-electron chi connectivity index (χ0n) is 11.6. The van der Waals surface area contributed by atoms with Crippen LogP contribution in [0.15, 0.2) is 6.20 Å². The monoisotopic (exact) mass is 266 g/mol. The first-order chi connectivity index (χ1) is 9.13. The van der Waals surface area contributed by atoms with Crippen molar-refractivity contribution in [3.05, 3.63) is 17.5 Å². The summed E-state index contributed by atoms with van der Waals surface area (Å²) in [5, 5.41) is 16.5. The lowest BCUT2D eigenvalue weighted by Crippen LogP contribution is -2.44. The molecule has 2 N–H and O–H groups in total. The Labute approximate surface area is 113 Å². The molecule has 6 heteroatoms. The second kappa shape index (κ2) is 6.16. The van der Waals surface area contributed by atoms with E-state index in [2.05, 4.69) is 15.3 Å². The third-order valence-corrected chi connectivity index (χ3v) is 3.83. The molecule has 1 atom stereocenters. The van der Waals surface area contributed by atoms with Gasteiger partial charge in [-0.1, -0.05) is 6.42 Å². The number of piperidine rings is 1. The number of likely N-dealkylation sites (N-methyl/N-ethyl adjacent to an activating group) is 1. The molecule has 1 aliphatic heterocycles. The van der Waals surface area contributed by atoms with E-state index in [-0.39, 0.29) is 0 Å². The molecule has 0 spiro atoms. The van der Waals surface area contributed by atoms with E-state index < -0.39 is 5.97 Å². The largest absolute Gasteiger partial charge is 0.478 e. The summed E-state index contributed by atoms with van der Waals surface area (Å²) in [5.41, 5.74) is 1.10. The minimum absolute atomic E-state index is 0.316. The summed E-state index contributed by atoms with van der Waals surface area (Å²) in [6.45, 7) is 2.63. The minimum atomic E-state index is -0.898. The molecule has 1 aromatic heterocycles. The average Bonchev–Trinajstić information content (AvgIpc) is 2.74. The van der Waals surface area contributed by atoms with Gasteiger partial charge in [-0.05, 0) is 26.4 Å². The van der Waals surface area contributed by atoms with Gasteiger partial charge in [-0.25, -0.2) is 4.79 Å². The van der Waals surface area contributed by atoms with Gasteiger partial charge in [0, 0.05) is 26.2 Å². The number of likely N-dealkylation sites (tertiary alicyclic amines) is 1. The topological polar surface area (TPSA) is 70.4 Å². The molecule has 0 aliphatic carbocycles. The molecule has 1 fully saturated rings. The molecule has 1 aromatic rings. The number of rotatable bonds is 5. The first-order valence-corrected chi connectivity index (χ1v) is 6.76. The standard InChI is InChI=1S/C13H22N4O2/c1-14-7-10-5-3-4-6-17(10)9-12-11(13(18)19)8-15-16(12)2/h8,10,14H,3-7,9H2,1-2H3,(H,18,19). The summed E-state index contributed by atoms with van der Waals surface area (Å²) in [6, 6.07) is 0.482. The van der Waals surface area contributed by atoms with Crippen LogP contribution in [0.3, 0.4) is 0 Å². The van der Waals surface area contributed by atoms with Crippen molar-refractivity contribution in [2.75, 3.05) is 20.1 Å². The highest BCUT2D eigenvalue weighted by atomic mass is 16.4. The molecule has 1 unspecified atom stereocenters. The normalized spacial score (nSPS) is 20.6. The fraction of sp³-hybridized carbons (Fsp3) is 0.692. The van der Waals surface area contributed by atoms with E-state index in [1.54, 1.807) is 11.7 Å². The Kier molecular flexibility index (Phi) is 4.55. The zero-order chi connectivity index (χ0) is 13.8. The second-order valence-electron chi connectivity index (χ2n) is 5.11. The van der Waals surface area contributed by atoms with Gasteiger partial charge >= 0.3 is 5.97 Å². The Morgan fingerprint density at radius 2 is 2.37 bits per heavy atom. The third kappa shape index (κ3) is 3.13. The van der Waals surface area contributed by atoms with Gasteiger partial charge in [-0.3, -0.25) is 9.58 Å². The molecule has 0 radical (unpaired) electrons. The third-order valence-electron chi connectivity index (χ3n) is 3.83. The van der Waals surface area contributed by atoms with Crippen LogP contribution in [-0.4, -0.2) is 51.9 Å². The highest BCUT2D eigenvalue weighted by molar-refractivity contribution is 5.88. The van der Waals surface area contributed by atoms with Crippen LogP contribution < -0.4 is 5.32 Å². The van der Waals surface area contributed by atoms with Crippen LogP contribution in [0.5, 0.6) is 0 Å². The Balaban J connectivity index is 2.14. The van der Waals surface area contributed by atoms with E-state index in [9.17, 15) is 9.90 Å². The van der Waals surface area contributed by atoms with Crippen molar-refractivity contribution in [1.82, 2.24) is 20.0 Å². The first-order valence-electron chi connectivity index (χ1n) is 6.76. The number of hydrogen-bond acceptors (Lipinski definition) is 4. The fourth-order valence-corrected chi connectivity index (χ4v) is 2.76. The molecule has 0 amide bonds. The fourth-order valence-electron chi connectivity index (χ4n) is 2.76. The number of aryl methyl sites for hydroxylation is 1. The maximum atomic E-state index is 11.2. The molecule has 6 nitrogen and oxygen atoms in total. The number of carboxylic acid groups (broad SMARTS) is 1. The summed E-state index contributed by atoms with van der Waals surface area (Å²) >= 11 is 0. The van der Waals surface area contributed by atoms with Gasteiger partial charge < -0.3 is 10.4 Å². The quantitative estimate of drug-likeness (QED) is 0.820. The van der Waals surface area contributed by atoms with Crippen LogP contribution in [-0.2, 0) is 13.6 Å². The Morgan fingerprint density at radius 1 is 1.58 bits per heavy atom. The van der Waals surface area contributed by atoms with Crippen LogP contribution in [0, 0.1) is 0 Å². The molecular weight excluding hydrogens is 244 g/mol. The summed E-state index contributed by atoms with van der Waals surface area (Å²) < 4.78 is 1.68. The smallest absolute Gasteiger partial charge is 0.339 e. The molecule has 0 bridgehead atoms. The van der Waals surface area contributed by atoms with Gasteiger partial charge in [0.1, 0.15) is 5.56 Å². The molecule has 0 aromatic carbocycles. The predicted molar refractivity (Wildman–Crippen MR) is 72.1 cm³/mol. The lowest BCUT2D eigenvalue weighted by Gasteiger charge is -2.35. The average molecular weight is 266 g/mol. The van der Waals surface area contributed by atoms with Crippen molar-refractivity contribution in [1.29, 1.82) is 0 Å². The van der Waals surface area contributed by atoms with E-state index >= 15 is 0 Å². The highest BCUT2D eigenvalue weighted by Gasteiger charge is 2.25. The van der Waals surface area contributed by atoms with Crippen molar-refractivity contribution < 1.29 is 9.90 Å². The summed E-state index contributed by atoms with van der Waals surface area (Å²) in [4.78, 5) is 13.6. The van der Waals surface area contributed by atoms with Gasteiger partial charge in [0.15, 0.2) is 0 Å². The van der Waals surface area contributed by atoms with Crippen LogP contribution in [0.2, 0.25) is 0 Å². The Bertz CT molecular complexity index is 442. The number of carboxylic acids is 1. The molecule has 2 rings (SSSR count). The number of nitrogens with zero attached hydrogens (tertiary/aromatic N) is 3. The summed E-state index contributed by atoms with van der Waals surface area (Å²) in [7, 11) is 3.76. The molecule has 1 aliphatic rings. The maximum Gasteiger partial charge on any atom is 0.339 e. The lowest BCUT2D eigenvalue weighted by atomic mass is 10.0. The molecule has 106 valence electrons. The molecule has 19 heavy (non-hydrogen) atoms. The molecular formula is C13H22N4O2. The summed E-state index contributed by atoms with van der Waals surface area (Å²) in [6.07, 6.45) is 5.04. The molecule has 2 heterocycles. The van der Waals surface area contributed by atoms with E-state index in [1.165, 1.54) is 25.5 Å². The first kappa shape index (κ1) is 14.0. The van der Waals surface area contributed by atoms with Gasteiger partial charge in [-0.2, -0.15) is 5.10 Å². The highest BCUT2D eigenvalue weighted by Crippen LogP contribution is 2.20. The van der Waals surface area contributed by atoms with Crippen LogP contribution in [0.1, 0.15) is 35.3 Å². The van der Waals surface area contributed by atoms with Gasteiger partial charge in [0.2, 0.25) is 0 Å². The predicted octanol–water partition coefficient (Wildman–Crippen LogP) is 0.692.